The minimum absolute atomic E-state index is 0.367. The van der Waals surface area contributed by atoms with E-state index in [1.165, 1.54) is 5.57 Å². The standard InChI is InChI=1S/C11H19N/c1-6-7-11(8-9(2)3)12-10(4)5/h6-8,10H,1-5H3. The first kappa shape index (κ1) is 11.2. The lowest BCUT2D eigenvalue weighted by atomic mass is 10.2. The van der Waals surface area contributed by atoms with Gasteiger partial charge in [0.15, 0.2) is 0 Å². The van der Waals surface area contributed by atoms with Crippen LogP contribution in [0.15, 0.2) is 28.8 Å². The Labute approximate surface area is 75.9 Å². The van der Waals surface area contributed by atoms with Gasteiger partial charge in [-0.05, 0) is 46.8 Å². The normalized spacial score (nSPS) is 12.7. The Hall–Kier alpha value is -0.850. The molecule has 1 nitrogen and oxygen atoms in total. The summed E-state index contributed by atoms with van der Waals surface area (Å²) in [5, 5.41) is 0. The van der Waals surface area contributed by atoms with Crippen molar-refractivity contribution in [2.24, 2.45) is 4.99 Å². The van der Waals surface area contributed by atoms with Crippen LogP contribution in [0.2, 0.25) is 0 Å². The van der Waals surface area contributed by atoms with Crippen molar-refractivity contribution in [3.8, 4) is 0 Å². The molecule has 0 aliphatic carbocycles. The van der Waals surface area contributed by atoms with Crippen LogP contribution in [-0.4, -0.2) is 11.8 Å². The molecular weight excluding hydrogens is 146 g/mol. The van der Waals surface area contributed by atoms with Crippen molar-refractivity contribution in [3.05, 3.63) is 23.8 Å². The second kappa shape index (κ2) is 5.76. The third-order valence-corrected chi connectivity index (χ3v) is 1.18. The summed E-state index contributed by atoms with van der Waals surface area (Å²) in [6.45, 7) is 10.3. The molecule has 68 valence electrons. The number of aliphatic imine (C=N–C) groups is 1. The molecule has 0 saturated carbocycles. The number of allylic oxidation sites excluding steroid dienone is 4. The smallest absolute Gasteiger partial charge is 0.0573 e. The Morgan fingerprint density at radius 3 is 2.17 bits per heavy atom. The lowest BCUT2D eigenvalue weighted by Gasteiger charge is -1.99. The third kappa shape index (κ3) is 5.90. The van der Waals surface area contributed by atoms with Crippen molar-refractivity contribution in [2.75, 3.05) is 0 Å². The quantitative estimate of drug-likeness (QED) is 0.568. The highest BCUT2D eigenvalue weighted by molar-refractivity contribution is 6.04. The van der Waals surface area contributed by atoms with Crippen molar-refractivity contribution in [1.29, 1.82) is 0 Å². The highest BCUT2D eigenvalue weighted by Gasteiger charge is 1.91. The lowest BCUT2D eigenvalue weighted by molar-refractivity contribution is 0.838. The molecule has 0 spiro atoms. The zero-order valence-corrected chi connectivity index (χ0v) is 8.76. The summed E-state index contributed by atoms with van der Waals surface area (Å²) in [4.78, 5) is 4.46. The second-order valence-electron chi connectivity index (χ2n) is 3.37. The predicted molar refractivity (Wildman–Crippen MR) is 56.8 cm³/mol. The first-order chi connectivity index (χ1) is 5.56. The molecule has 0 bridgehead atoms. The molecule has 0 aromatic rings. The van der Waals surface area contributed by atoms with Crippen molar-refractivity contribution >= 4 is 5.71 Å². The highest BCUT2D eigenvalue weighted by Crippen LogP contribution is 1.96. The van der Waals surface area contributed by atoms with Crippen LogP contribution in [0.5, 0.6) is 0 Å². The van der Waals surface area contributed by atoms with E-state index in [-0.39, 0.29) is 0 Å². The molecule has 0 aliphatic rings. The molecule has 0 fully saturated rings. The monoisotopic (exact) mass is 165 g/mol. The van der Waals surface area contributed by atoms with Gasteiger partial charge in [-0.1, -0.05) is 11.6 Å². The summed E-state index contributed by atoms with van der Waals surface area (Å²) in [5.74, 6) is 0. The minimum Gasteiger partial charge on any atom is -0.283 e. The van der Waals surface area contributed by atoms with Gasteiger partial charge in [-0.25, -0.2) is 0 Å². The van der Waals surface area contributed by atoms with Crippen LogP contribution in [0.4, 0.5) is 0 Å². The Bertz CT molecular complexity index is 203. The van der Waals surface area contributed by atoms with E-state index in [9.17, 15) is 0 Å². The molecule has 0 amide bonds. The van der Waals surface area contributed by atoms with E-state index in [0.29, 0.717) is 6.04 Å². The summed E-state index contributed by atoms with van der Waals surface area (Å²) in [6.07, 6.45) is 6.15. The van der Waals surface area contributed by atoms with Crippen molar-refractivity contribution in [2.45, 2.75) is 40.7 Å². The third-order valence-electron chi connectivity index (χ3n) is 1.18. The maximum absolute atomic E-state index is 4.46. The first-order valence-electron chi connectivity index (χ1n) is 4.41. The van der Waals surface area contributed by atoms with Gasteiger partial charge in [-0.3, -0.25) is 4.99 Å². The van der Waals surface area contributed by atoms with Gasteiger partial charge in [0, 0.05) is 6.04 Å². The van der Waals surface area contributed by atoms with E-state index in [1.54, 1.807) is 0 Å². The molecule has 0 heterocycles. The van der Waals surface area contributed by atoms with Gasteiger partial charge in [0.05, 0.1) is 5.71 Å². The van der Waals surface area contributed by atoms with Crippen LogP contribution in [0.25, 0.3) is 0 Å². The van der Waals surface area contributed by atoms with Crippen LogP contribution in [-0.2, 0) is 0 Å². The van der Waals surface area contributed by atoms with Gasteiger partial charge < -0.3 is 0 Å². The van der Waals surface area contributed by atoms with E-state index < -0.39 is 0 Å². The van der Waals surface area contributed by atoms with Crippen LogP contribution in [0.1, 0.15) is 34.6 Å². The van der Waals surface area contributed by atoms with Crippen LogP contribution >= 0.6 is 0 Å². The maximum Gasteiger partial charge on any atom is 0.0573 e. The second-order valence-corrected chi connectivity index (χ2v) is 3.37. The lowest BCUT2D eigenvalue weighted by Crippen LogP contribution is -1.96. The van der Waals surface area contributed by atoms with E-state index in [1.807, 2.05) is 19.1 Å². The van der Waals surface area contributed by atoms with Gasteiger partial charge in [-0.2, -0.15) is 0 Å². The zero-order valence-electron chi connectivity index (χ0n) is 8.76. The minimum atomic E-state index is 0.367. The Kier molecular flexibility index (Phi) is 5.35. The maximum atomic E-state index is 4.46. The average molecular weight is 165 g/mol. The first-order valence-corrected chi connectivity index (χ1v) is 4.41. The van der Waals surface area contributed by atoms with Gasteiger partial charge >= 0.3 is 0 Å². The molecule has 0 radical (unpaired) electrons. The molecule has 0 aromatic heterocycles. The SMILES string of the molecule is CC=CC(C=C(C)C)=NC(C)C. The largest absolute Gasteiger partial charge is 0.283 e. The van der Waals surface area contributed by atoms with E-state index in [2.05, 4.69) is 38.8 Å². The Morgan fingerprint density at radius 2 is 1.83 bits per heavy atom. The van der Waals surface area contributed by atoms with Crippen molar-refractivity contribution in [3.63, 3.8) is 0 Å². The van der Waals surface area contributed by atoms with Crippen LogP contribution in [0, 0.1) is 0 Å². The fourth-order valence-corrected chi connectivity index (χ4v) is 0.893. The Balaban J connectivity index is 4.55. The molecule has 0 unspecified atom stereocenters. The predicted octanol–water partition coefficient (Wildman–Crippen LogP) is 3.38. The summed E-state index contributed by atoms with van der Waals surface area (Å²) >= 11 is 0. The van der Waals surface area contributed by atoms with Gasteiger partial charge in [0.2, 0.25) is 0 Å². The molecule has 12 heavy (non-hydrogen) atoms. The number of nitrogens with zero attached hydrogens (tertiary/aromatic N) is 1. The topological polar surface area (TPSA) is 12.4 Å². The fourth-order valence-electron chi connectivity index (χ4n) is 0.893. The molecule has 0 rings (SSSR count). The summed E-state index contributed by atoms with van der Waals surface area (Å²) in [6, 6.07) is 0.367. The number of rotatable bonds is 3. The van der Waals surface area contributed by atoms with Crippen LogP contribution in [0.3, 0.4) is 0 Å². The molecule has 0 saturated heterocycles. The molecule has 0 atom stereocenters. The molecule has 0 N–H and O–H groups in total. The summed E-state index contributed by atoms with van der Waals surface area (Å²) < 4.78 is 0. The molecule has 0 aliphatic heterocycles. The molecular formula is C11H19N. The average Bonchev–Trinajstić information content (AvgIpc) is 1.84. The zero-order chi connectivity index (χ0) is 9.56. The van der Waals surface area contributed by atoms with Crippen molar-refractivity contribution < 1.29 is 0 Å². The highest BCUT2D eigenvalue weighted by atomic mass is 14.8. The van der Waals surface area contributed by atoms with Gasteiger partial charge in [0.25, 0.3) is 0 Å². The number of hydrogen-bond donors (Lipinski definition) is 0. The van der Waals surface area contributed by atoms with Crippen molar-refractivity contribution in [1.82, 2.24) is 0 Å². The fraction of sp³-hybridized carbons (Fsp3) is 0.545. The van der Waals surface area contributed by atoms with E-state index in [0.717, 1.165) is 5.71 Å². The molecule has 1 heteroatoms. The molecule has 0 aromatic carbocycles. The van der Waals surface area contributed by atoms with E-state index >= 15 is 0 Å². The summed E-state index contributed by atoms with van der Waals surface area (Å²) in [7, 11) is 0. The van der Waals surface area contributed by atoms with E-state index in [4.69, 9.17) is 0 Å². The van der Waals surface area contributed by atoms with Gasteiger partial charge in [-0.15, -0.1) is 0 Å². The summed E-state index contributed by atoms with van der Waals surface area (Å²) in [5.41, 5.74) is 2.35. The van der Waals surface area contributed by atoms with Crippen LogP contribution < -0.4 is 0 Å². The Morgan fingerprint density at radius 1 is 1.25 bits per heavy atom. The number of hydrogen-bond acceptors (Lipinski definition) is 1. The van der Waals surface area contributed by atoms with Gasteiger partial charge in [0.1, 0.15) is 0 Å².